The Labute approximate surface area is 163 Å². The van der Waals surface area contributed by atoms with Gasteiger partial charge in [0.2, 0.25) is 0 Å². The number of aromatic amines is 1. The summed E-state index contributed by atoms with van der Waals surface area (Å²) in [4.78, 5) is 17.6. The lowest BCUT2D eigenvalue weighted by atomic mass is 10.00. The summed E-state index contributed by atoms with van der Waals surface area (Å²) in [5.41, 5.74) is 5.22. The molecule has 0 saturated heterocycles. The molecule has 0 radical (unpaired) electrons. The lowest BCUT2D eigenvalue weighted by Gasteiger charge is -2.10. The van der Waals surface area contributed by atoms with E-state index in [1.165, 1.54) is 4.52 Å². The molecule has 28 heavy (non-hydrogen) atoms. The van der Waals surface area contributed by atoms with Crippen molar-refractivity contribution in [3.63, 3.8) is 0 Å². The van der Waals surface area contributed by atoms with Gasteiger partial charge in [0.1, 0.15) is 5.75 Å². The number of nitrogens with zero attached hydrogens (tertiary/aromatic N) is 2. The van der Waals surface area contributed by atoms with Gasteiger partial charge in [0, 0.05) is 23.7 Å². The summed E-state index contributed by atoms with van der Waals surface area (Å²) >= 11 is 0. The van der Waals surface area contributed by atoms with Gasteiger partial charge in [-0.05, 0) is 17.5 Å². The maximum Gasteiger partial charge on any atom is 0.272 e. The van der Waals surface area contributed by atoms with Gasteiger partial charge in [0.15, 0.2) is 5.65 Å². The average Bonchev–Trinajstić information content (AvgIpc) is 3.07. The summed E-state index contributed by atoms with van der Waals surface area (Å²) in [5.74, 6) is 0.915. The van der Waals surface area contributed by atoms with Gasteiger partial charge in [-0.1, -0.05) is 62.4 Å². The van der Waals surface area contributed by atoms with Gasteiger partial charge in [-0.3, -0.25) is 9.89 Å². The van der Waals surface area contributed by atoms with Gasteiger partial charge in [0.25, 0.3) is 5.56 Å². The highest BCUT2D eigenvalue weighted by Gasteiger charge is 2.20. The monoisotopic (exact) mass is 373 g/mol. The Morgan fingerprint density at radius 2 is 1.79 bits per heavy atom. The SMILES string of the molecule is COc1ccccc1-c1c(Cc2ccccc2)[nH]n2c(=O)cc(C(C)C)nc12. The smallest absolute Gasteiger partial charge is 0.272 e. The number of H-pyrrole nitrogens is 1. The standard InChI is InChI=1S/C23H23N3O2/c1-15(2)18-14-21(27)26-23(24-18)22(17-11-7-8-12-20(17)28-3)19(25-26)13-16-9-5-4-6-10-16/h4-12,14-15,25H,13H2,1-3H3. The average molecular weight is 373 g/mol. The molecule has 2 aromatic carbocycles. The highest BCUT2D eigenvalue weighted by Crippen LogP contribution is 2.35. The highest BCUT2D eigenvalue weighted by molar-refractivity contribution is 5.84. The van der Waals surface area contributed by atoms with Crippen molar-refractivity contribution < 1.29 is 4.74 Å². The van der Waals surface area contributed by atoms with Gasteiger partial charge in [-0.2, -0.15) is 0 Å². The van der Waals surface area contributed by atoms with E-state index >= 15 is 0 Å². The Kier molecular flexibility index (Phi) is 4.74. The predicted octanol–water partition coefficient (Wildman–Crippen LogP) is 4.41. The number of methoxy groups -OCH3 is 1. The van der Waals surface area contributed by atoms with Crippen molar-refractivity contribution >= 4 is 5.65 Å². The molecule has 142 valence electrons. The Bertz CT molecular complexity index is 1170. The van der Waals surface area contributed by atoms with Gasteiger partial charge < -0.3 is 4.74 Å². The molecule has 0 spiro atoms. The maximum absolute atomic E-state index is 12.8. The van der Waals surface area contributed by atoms with Crippen LogP contribution in [0.1, 0.15) is 36.7 Å². The topological polar surface area (TPSA) is 59.4 Å². The van der Waals surface area contributed by atoms with Crippen LogP contribution in [-0.4, -0.2) is 21.7 Å². The minimum Gasteiger partial charge on any atom is -0.496 e. The fraction of sp³-hybridized carbons (Fsp3) is 0.217. The first kappa shape index (κ1) is 18.0. The van der Waals surface area contributed by atoms with Crippen LogP contribution in [0, 0.1) is 0 Å². The fourth-order valence-electron chi connectivity index (χ4n) is 3.46. The summed E-state index contributed by atoms with van der Waals surface area (Å²) in [5, 5.41) is 3.28. The fourth-order valence-corrected chi connectivity index (χ4v) is 3.46. The molecular formula is C23H23N3O2. The zero-order chi connectivity index (χ0) is 19.7. The molecule has 0 aliphatic heterocycles. The molecule has 0 atom stereocenters. The Hall–Kier alpha value is -3.34. The number of rotatable bonds is 5. The van der Waals surface area contributed by atoms with E-state index in [-0.39, 0.29) is 11.5 Å². The van der Waals surface area contributed by atoms with Crippen LogP contribution in [-0.2, 0) is 6.42 Å². The molecule has 0 amide bonds. The first-order chi connectivity index (χ1) is 13.6. The summed E-state index contributed by atoms with van der Waals surface area (Å²) in [7, 11) is 1.66. The number of hydrogen-bond donors (Lipinski definition) is 1. The van der Waals surface area contributed by atoms with Crippen molar-refractivity contribution in [2.75, 3.05) is 7.11 Å². The van der Waals surface area contributed by atoms with Crippen LogP contribution in [0.25, 0.3) is 16.8 Å². The third-order valence-electron chi connectivity index (χ3n) is 4.90. The Morgan fingerprint density at radius 1 is 1.07 bits per heavy atom. The van der Waals surface area contributed by atoms with Crippen LogP contribution in [0.15, 0.2) is 65.5 Å². The van der Waals surface area contributed by atoms with Crippen molar-refractivity contribution in [1.82, 2.24) is 14.6 Å². The van der Waals surface area contributed by atoms with Crippen LogP contribution in [0.5, 0.6) is 5.75 Å². The lowest BCUT2D eigenvalue weighted by molar-refractivity contribution is 0.416. The van der Waals surface area contributed by atoms with E-state index in [1.807, 2.05) is 56.3 Å². The van der Waals surface area contributed by atoms with Crippen LogP contribution in [0.3, 0.4) is 0 Å². The van der Waals surface area contributed by atoms with Gasteiger partial charge in [0.05, 0.1) is 18.4 Å². The van der Waals surface area contributed by atoms with E-state index in [2.05, 4.69) is 17.2 Å². The normalized spacial score (nSPS) is 11.3. The molecule has 2 heterocycles. The summed E-state index contributed by atoms with van der Waals surface area (Å²) in [6.07, 6.45) is 0.661. The second kappa shape index (κ2) is 7.35. The van der Waals surface area contributed by atoms with Crippen molar-refractivity contribution in [1.29, 1.82) is 0 Å². The Balaban J connectivity index is 2.02. The van der Waals surface area contributed by atoms with Crippen molar-refractivity contribution in [3.05, 3.63) is 88.0 Å². The zero-order valence-corrected chi connectivity index (χ0v) is 16.3. The number of para-hydroxylation sites is 1. The van der Waals surface area contributed by atoms with E-state index in [4.69, 9.17) is 9.72 Å². The first-order valence-corrected chi connectivity index (χ1v) is 9.40. The minimum atomic E-state index is -0.107. The molecule has 5 nitrogen and oxygen atoms in total. The molecule has 4 rings (SSSR count). The molecule has 0 saturated carbocycles. The van der Waals surface area contributed by atoms with E-state index in [1.54, 1.807) is 13.2 Å². The quantitative estimate of drug-likeness (QED) is 0.564. The third-order valence-corrected chi connectivity index (χ3v) is 4.90. The summed E-state index contributed by atoms with van der Waals surface area (Å²) < 4.78 is 7.14. The van der Waals surface area contributed by atoms with Crippen molar-refractivity contribution in [2.24, 2.45) is 0 Å². The lowest BCUT2D eigenvalue weighted by Crippen LogP contribution is -2.16. The first-order valence-electron chi connectivity index (χ1n) is 9.40. The van der Waals surface area contributed by atoms with E-state index in [9.17, 15) is 4.79 Å². The molecule has 4 aromatic rings. The predicted molar refractivity (Wildman–Crippen MR) is 111 cm³/mol. The third kappa shape index (κ3) is 3.20. The van der Waals surface area contributed by atoms with E-state index < -0.39 is 0 Å². The number of fused-ring (bicyclic) bond motifs is 1. The number of ether oxygens (including phenoxy) is 1. The van der Waals surface area contributed by atoms with Gasteiger partial charge in [-0.25, -0.2) is 9.50 Å². The molecule has 0 unspecified atom stereocenters. The van der Waals surface area contributed by atoms with Gasteiger partial charge in [-0.15, -0.1) is 0 Å². The number of hydrogen-bond acceptors (Lipinski definition) is 3. The van der Waals surface area contributed by atoms with Crippen LogP contribution in [0.4, 0.5) is 0 Å². The molecule has 0 bridgehead atoms. The van der Waals surface area contributed by atoms with Gasteiger partial charge >= 0.3 is 0 Å². The molecular weight excluding hydrogens is 350 g/mol. The molecule has 0 aliphatic rings. The number of nitrogens with one attached hydrogen (secondary N) is 1. The molecule has 1 N–H and O–H groups in total. The summed E-state index contributed by atoms with van der Waals surface area (Å²) in [6, 6.07) is 19.6. The Morgan fingerprint density at radius 3 is 2.50 bits per heavy atom. The molecule has 0 fully saturated rings. The number of aromatic nitrogens is 3. The van der Waals surface area contributed by atoms with Crippen molar-refractivity contribution in [2.45, 2.75) is 26.2 Å². The number of benzene rings is 2. The van der Waals surface area contributed by atoms with E-state index in [0.29, 0.717) is 12.1 Å². The van der Waals surface area contributed by atoms with Crippen molar-refractivity contribution in [3.8, 4) is 16.9 Å². The van der Waals surface area contributed by atoms with E-state index in [0.717, 1.165) is 33.8 Å². The van der Waals surface area contributed by atoms with Crippen LogP contribution in [0.2, 0.25) is 0 Å². The van der Waals surface area contributed by atoms with Crippen LogP contribution < -0.4 is 10.3 Å². The minimum absolute atomic E-state index is 0.107. The molecule has 5 heteroatoms. The molecule has 2 aromatic heterocycles. The van der Waals surface area contributed by atoms with Crippen LogP contribution >= 0.6 is 0 Å². The zero-order valence-electron chi connectivity index (χ0n) is 16.3. The molecule has 0 aliphatic carbocycles. The second-order valence-corrected chi connectivity index (χ2v) is 7.16. The second-order valence-electron chi connectivity index (χ2n) is 7.16. The maximum atomic E-state index is 12.8. The highest BCUT2D eigenvalue weighted by atomic mass is 16.5. The largest absolute Gasteiger partial charge is 0.496 e. The summed E-state index contributed by atoms with van der Waals surface area (Å²) in [6.45, 7) is 4.08.